The van der Waals surface area contributed by atoms with E-state index in [1.807, 2.05) is 4.90 Å². The first kappa shape index (κ1) is 41.6. The van der Waals surface area contributed by atoms with E-state index in [2.05, 4.69) is 41.1 Å². The van der Waals surface area contributed by atoms with Crippen LogP contribution in [-0.4, -0.2) is 124 Å². The van der Waals surface area contributed by atoms with Crippen LogP contribution in [0.1, 0.15) is 83.8 Å². The minimum absolute atomic E-state index is 0.0266. The third kappa shape index (κ3) is 14.5. The van der Waals surface area contributed by atoms with E-state index in [9.17, 15) is 24.6 Å². The molecule has 3 saturated heterocycles. The zero-order valence-corrected chi connectivity index (χ0v) is 32.1. The van der Waals surface area contributed by atoms with E-state index in [1.54, 1.807) is 30.0 Å². The number of halogens is 1. The number of thiazole rings is 3. The molecule has 3 aromatic heterocycles. The second-order valence-electron chi connectivity index (χ2n) is 11.2. The maximum absolute atomic E-state index is 11.5. The fraction of sp³-hybridized carbons (Fsp3) is 0.613. The number of aromatic nitrogens is 3. The fourth-order valence-corrected chi connectivity index (χ4v) is 7.37. The highest BCUT2D eigenvalue weighted by Gasteiger charge is 2.22. The lowest BCUT2D eigenvalue weighted by molar-refractivity contribution is 0.0511. The van der Waals surface area contributed by atoms with Crippen molar-refractivity contribution in [2.45, 2.75) is 70.7 Å². The number of hydrogen-bond acceptors (Lipinski definition) is 17. The van der Waals surface area contributed by atoms with Crippen LogP contribution in [0.2, 0.25) is 0 Å². The number of nitrogens with one attached hydrogen (secondary N) is 1. The maximum atomic E-state index is 11.5. The van der Waals surface area contributed by atoms with Gasteiger partial charge in [-0.05, 0) is 81.4 Å². The zero-order valence-electron chi connectivity index (χ0n) is 28.0. The Morgan fingerprint density at radius 3 is 1.48 bits per heavy atom. The molecule has 19 heteroatoms. The number of aliphatic hydroxyl groups is 3. The number of carboxylic acid groups (broad SMARTS) is 1. The van der Waals surface area contributed by atoms with E-state index < -0.39 is 5.97 Å². The summed E-state index contributed by atoms with van der Waals surface area (Å²) in [6, 6.07) is 0. The first-order chi connectivity index (χ1) is 24.0. The van der Waals surface area contributed by atoms with Crippen molar-refractivity contribution in [2.75, 3.05) is 62.3 Å². The van der Waals surface area contributed by atoms with Gasteiger partial charge in [-0.1, -0.05) is 0 Å². The van der Waals surface area contributed by atoms with Crippen LogP contribution >= 0.6 is 49.9 Å². The van der Waals surface area contributed by atoms with Crippen LogP contribution in [0.5, 0.6) is 0 Å². The predicted octanol–water partition coefficient (Wildman–Crippen LogP) is 3.90. The number of anilines is 2. The Bertz CT molecular complexity index is 1450. The number of aromatic carboxylic acids is 1. The van der Waals surface area contributed by atoms with Crippen molar-refractivity contribution in [3.05, 3.63) is 37.1 Å². The largest absolute Gasteiger partial charge is 0.476 e. The van der Waals surface area contributed by atoms with Crippen molar-refractivity contribution < 1.29 is 44.3 Å². The fourth-order valence-electron chi connectivity index (χ4n) is 4.69. The van der Waals surface area contributed by atoms with Gasteiger partial charge in [0.25, 0.3) is 0 Å². The van der Waals surface area contributed by atoms with Gasteiger partial charge in [-0.15, -0.1) is 34.0 Å². The topological polar surface area (TPSA) is 208 Å². The van der Waals surface area contributed by atoms with Gasteiger partial charge < -0.3 is 45.0 Å². The van der Waals surface area contributed by atoms with Gasteiger partial charge in [0, 0.05) is 42.3 Å². The smallest absolute Gasteiger partial charge is 0.357 e. The average molecular weight is 822 g/mol. The molecule has 6 rings (SSSR count). The second kappa shape index (κ2) is 22.2. The third-order valence-electron chi connectivity index (χ3n) is 7.43. The molecule has 6 heterocycles. The summed E-state index contributed by atoms with van der Waals surface area (Å²) in [5.74, 6) is -1.73. The summed E-state index contributed by atoms with van der Waals surface area (Å²) in [4.78, 5) is 49.3. The van der Waals surface area contributed by atoms with Gasteiger partial charge in [0.1, 0.15) is 0 Å². The van der Waals surface area contributed by atoms with Gasteiger partial charge in [-0.25, -0.2) is 29.3 Å². The standard InChI is InChI=1S/C11H16N2O3S.C9H12N2O3S.C6H6BrNO2S.C5H11NO/c1-2-16-10(15)9-7-17-11(12-9)13-5-3-8(14)4-6-13;12-6-1-3-11(4-2-6)9-10-7(5-15-9)8(13)14;1-2-10-5(9)4-3-11-6(7)8-4;7-5-1-3-6-4-2-5/h7-8,14H,2-6H2,1H3;5-6,12H,1-4H2,(H,13,14);3H,2H2,1H3;5-7H,1-4H2. The van der Waals surface area contributed by atoms with E-state index in [0.29, 0.717) is 28.5 Å². The first-order valence-corrected chi connectivity index (χ1v) is 19.8. The highest BCUT2D eigenvalue weighted by Crippen LogP contribution is 2.25. The predicted molar refractivity (Wildman–Crippen MR) is 196 cm³/mol. The van der Waals surface area contributed by atoms with Crippen LogP contribution in [0.3, 0.4) is 0 Å². The normalized spacial score (nSPS) is 16.9. The highest BCUT2D eigenvalue weighted by atomic mass is 79.9. The van der Waals surface area contributed by atoms with Crippen molar-refractivity contribution in [2.24, 2.45) is 0 Å². The SMILES string of the molecule is CCOC(=O)c1csc(Br)n1.CCOC(=O)c1csc(N2CCC(O)CC2)n1.O=C(O)c1csc(N2CCC(O)CC2)n1.OC1CCNCC1. The molecule has 278 valence electrons. The Hall–Kier alpha value is -2.78. The van der Waals surface area contributed by atoms with Crippen LogP contribution in [0.25, 0.3) is 0 Å². The monoisotopic (exact) mass is 820 g/mol. The number of aliphatic hydroxyl groups excluding tert-OH is 3. The van der Waals surface area contributed by atoms with Crippen molar-refractivity contribution >= 4 is 78.1 Å². The maximum Gasteiger partial charge on any atom is 0.357 e. The summed E-state index contributed by atoms with van der Waals surface area (Å²) in [6.07, 6.45) is 4.38. The lowest BCUT2D eigenvalue weighted by Gasteiger charge is -2.28. The van der Waals surface area contributed by atoms with Gasteiger partial charge in [0.15, 0.2) is 31.3 Å². The molecule has 0 atom stereocenters. The van der Waals surface area contributed by atoms with Crippen molar-refractivity contribution in [3.63, 3.8) is 0 Å². The van der Waals surface area contributed by atoms with Crippen LogP contribution in [0.4, 0.5) is 10.3 Å². The van der Waals surface area contributed by atoms with E-state index in [-0.39, 0.29) is 35.9 Å². The molecule has 0 bridgehead atoms. The number of carbonyl (C=O) groups excluding carboxylic acids is 2. The lowest BCUT2D eigenvalue weighted by Crippen LogP contribution is -2.35. The van der Waals surface area contributed by atoms with Gasteiger partial charge in [-0.2, -0.15) is 0 Å². The van der Waals surface area contributed by atoms with Crippen LogP contribution in [-0.2, 0) is 9.47 Å². The quantitative estimate of drug-likeness (QED) is 0.214. The van der Waals surface area contributed by atoms with E-state index in [0.717, 1.165) is 88.1 Å². The van der Waals surface area contributed by atoms with E-state index in [1.165, 1.54) is 34.0 Å². The number of carbonyl (C=O) groups is 3. The Balaban J connectivity index is 0.000000188. The van der Waals surface area contributed by atoms with Gasteiger partial charge in [0.05, 0.1) is 31.5 Å². The summed E-state index contributed by atoms with van der Waals surface area (Å²) in [5, 5.41) is 46.0. The number of carboxylic acids is 1. The third-order valence-corrected chi connectivity index (χ3v) is 10.6. The molecule has 0 aromatic carbocycles. The minimum Gasteiger partial charge on any atom is -0.476 e. The molecule has 3 aliphatic rings. The number of hydrogen-bond donors (Lipinski definition) is 5. The number of esters is 2. The Kier molecular flexibility index (Phi) is 18.5. The van der Waals surface area contributed by atoms with Gasteiger partial charge in [0.2, 0.25) is 0 Å². The summed E-state index contributed by atoms with van der Waals surface area (Å²) in [5.41, 5.74) is 0.836. The molecule has 3 fully saturated rings. The van der Waals surface area contributed by atoms with Crippen LogP contribution < -0.4 is 15.1 Å². The molecule has 50 heavy (non-hydrogen) atoms. The lowest BCUT2D eigenvalue weighted by atomic mass is 10.1. The zero-order chi connectivity index (χ0) is 36.5. The Morgan fingerprint density at radius 1 is 0.720 bits per heavy atom. The Labute approximate surface area is 311 Å². The molecule has 15 nitrogen and oxygen atoms in total. The van der Waals surface area contributed by atoms with Crippen molar-refractivity contribution in [1.82, 2.24) is 20.3 Å². The minimum atomic E-state index is -0.991. The molecule has 3 aliphatic heterocycles. The molecule has 3 aromatic rings. The summed E-state index contributed by atoms with van der Waals surface area (Å²) >= 11 is 7.30. The molecule has 0 saturated carbocycles. The molecular weight excluding hydrogens is 776 g/mol. The van der Waals surface area contributed by atoms with Gasteiger partial charge >= 0.3 is 17.9 Å². The Morgan fingerprint density at radius 2 is 1.12 bits per heavy atom. The molecular formula is C31H45BrN6O9S3. The average Bonchev–Trinajstić information content (AvgIpc) is 3.89. The van der Waals surface area contributed by atoms with E-state index in [4.69, 9.17) is 19.7 Å². The molecule has 0 spiro atoms. The number of ether oxygens (including phenoxy) is 2. The molecule has 5 N–H and O–H groups in total. The number of nitrogens with zero attached hydrogens (tertiary/aromatic N) is 5. The summed E-state index contributed by atoms with van der Waals surface area (Å²) in [6.45, 7) is 9.32. The number of rotatable bonds is 7. The van der Waals surface area contributed by atoms with Crippen LogP contribution in [0, 0.1) is 0 Å². The van der Waals surface area contributed by atoms with Crippen molar-refractivity contribution in [3.8, 4) is 0 Å². The second-order valence-corrected chi connectivity index (χ2v) is 15.0. The molecule has 0 unspecified atom stereocenters. The van der Waals surface area contributed by atoms with E-state index >= 15 is 0 Å². The first-order valence-electron chi connectivity index (χ1n) is 16.3. The van der Waals surface area contributed by atoms with Crippen molar-refractivity contribution in [1.29, 1.82) is 0 Å². The molecule has 0 radical (unpaired) electrons. The highest BCUT2D eigenvalue weighted by molar-refractivity contribution is 9.11. The molecule has 0 aliphatic carbocycles. The van der Waals surface area contributed by atoms with Gasteiger partial charge in [-0.3, -0.25) is 0 Å². The summed E-state index contributed by atoms with van der Waals surface area (Å²) < 4.78 is 10.3. The number of piperidine rings is 3. The molecule has 0 amide bonds. The van der Waals surface area contributed by atoms with Crippen LogP contribution in [0.15, 0.2) is 20.1 Å². The summed E-state index contributed by atoms with van der Waals surface area (Å²) in [7, 11) is 0.